The Balaban J connectivity index is 1.54. The van der Waals surface area contributed by atoms with Gasteiger partial charge in [0, 0.05) is 43.5 Å². The SMILES string of the molecule is CCC(CN(C(=O)N(C)CCCOc1ccc2[nH]c(=O)ccc2c1)C1CCCCC1)OC(C)=O. The van der Waals surface area contributed by atoms with E-state index in [2.05, 4.69) is 4.98 Å². The molecule has 186 valence electrons. The average Bonchev–Trinajstić information content (AvgIpc) is 2.84. The molecule has 0 radical (unpaired) electrons. The van der Waals surface area contributed by atoms with E-state index in [9.17, 15) is 14.4 Å². The molecule has 1 aliphatic carbocycles. The molecule has 8 nitrogen and oxygen atoms in total. The van der Waals surface area contributed by atoms with E-state index >= 15 is 0 Å². The minimum Gasteiger partial charge on any atom is -0.494 e. The summed E-state index contributed by atoms with van der Waals surface area (Å²) in [5.41, 5.74) is 0.640. The first-order valence-corrected chi connectivity index (χ1v) is 12.3. The zero-order chi connectivity index (χ0) is 24.5. The number of aromatic amines is 1. The number of benzene rings is 1. The Labute approximate surface area is 201 Å². The van der Waals surface area contributed by atoms with Crippen LogP contribution in [0.2, 0.25) is 0 Å². The zero-order valence-corrected chi connectivity index (χ0v) is 20.5. The Morgan fingerprint density at radius 1 is 1.15 bits per heavy atom. The molecule has 1 N–H and O–H groups in total. The standard InChI is InChI=1S/C26H37N3O5/c1-4-22(34-19(2)30)18-29(21-9-6-5-7-10-21)26(32)28(3)15-8-16-33-23-12-13-24-20(17-23)11-14-25(31)27-24/h11-14,17,21-22H,4-10,15-16,18H2,1-3H3,(H,27,31). The molecule has 2 amide bonds. The van der Waals surface area contributed by atoms with Gasteiger partial charge in [-0.15, -0.1) is 0 Å². The normalized spacial score (nSPS) is 15.0. The van der Waals surface area contributed by atoms with Crippen molar-refractivity contribution in [3.8, 4) is 5.75 Å². The number of carbonyl (C=O) groups excluding carboxylic acids is 2. The van der Waals surface area contributed by atoms with Gasteiger partial charge >= 0.3 is 12.0 Å². The lowest BCUT2D eigenvalue weighted by Gasteiger charge is -2.38. The molecule has 1 aromatic heterocycles. The molecule has 0 bridgehead atoms. The summed E-state index contributed by atoms with van der Waals surface area (Å²) < 4.78 is 11.3. The lowest BCUT2D eigenvalue weighted by Crippen LogP contribution is -2.51. The van der Waals surface area contributed by atoms with Crippen molar-refractivity contribution in [2.45, 2.75) is 70.9 Å². The summed E-state index contributed by atoms with van der Waals surface area (Å²) in [5, 5.41) is 0.908. The second-order valence-electron chi connectivity index (χ2n) is 9.06. The minimum atomic E-state index is -0.312. The van der Waals surface area contributed by atoms with Crippen LogP contribution in [0.5, 0.6) is 5.75 Å². The fourth-order valence-electron chi connectivity index (χ4n) is 4.51. The summed E-state index contributed by atoms with van der Waals surface area (Å²) >= 11 is 0. The van der Waals surface area contributed by atoms with E-state index in [1.165, 1.54) is 19.4 Å². The molecule has 1 aromatic carbocycles. The number of ether oxygens (including phenoxy) is 2. The van der Waals surface area contributed by atoms with Crippen molar-refractivity contribution in [1.82, 2.24) is 14.8 Å². The number of nitrogens with zero attached hydrogens (tertiary/aromatic N) is 2. The highest BCUT2D eigenvalue weighted by Crippen LogP contribution is 2.24. The summed E-state index contributed by atoms with van der Waals surface area (Å²) in [7, 11) is 1.82. The number of fused-ring (bicyclic) bond motifs is 1. The molecule has 3 rings (SSSR count). The third-order valence-electron chi connectivity index (χ3n) is 6.38. The number of pyridine rings is 1. The monoisotopic (exact) mass is 471 g/mol. The number of amides is 2. The minimum absolute atomic E-state index is 0.0211. The maximum absolute atomic E-state index is 13.4. The molecule has 1 fully saturated rings. The van der Waals surface area contributed by atoms with Crippen LogP contribution in [0.1, 0.15) is 58.8 Å². The highest BCUT2D eigenvalue weighted by Gasteiger charge is 2.30. The van der Waals surface area contributed by atoms with Crippen LogP contribution in [0.3, 0.4) is 0 Å². The average molecular weight is 472 g/mol. The molecule has 1 heterocycles. The van der Waals surface area contributed by atoms with Gasteiger partial charge in [0.2, 0.25) is 5.56 Å². The lowest BCUT2D eigenvalue weighted by molar-refractivity contribution is -0.147. The number of hydrogen-bond acceptors (Lipinski definition) is 5. The molecule has 0 saturated heterocycles. The smallest absolute Gasteiger partial charge is 0.320 e. The number of H-pyrrole nitrogens is 1. The van der Waals surface area contributed by atoms with Crippen molar-refractivity contribution in [3.05, 3.63) is 40.7 Å². The van der Waals surface area contributed by atoms with Gasteiger partial charge in [-0.05, 0) is 49.9 Å². The number of hydrogen-bond donors (Lipinski definition) is 1. The number of aromatic nitrogens is 1. The van der Waals surface area contributed by atoms with Gasteiger partial charge in [0.15, 0.2) is 0 Å². The van der Waals surface area contributed by atoms with Crippen LogP contribution in [0.15, 0.2) is 35.1 Å². The van der Waals surface area contributed by atoms with E-state index in [1.807, 2.05) is 37.1 Å². The molecule has 0 aliphatic heterocycles. The Hall–Kier alpha value is -3.03. The second kappa shape index (κ2) is 12.4. The zero-order valence-electron chi connectivity index (χ0n) is 20.5. The van der Waals surface area contributed by atoms with Gasteiger partial charge in [-0.2, -0.15) is 0 Å². The molecule has 1 saturated carbocycles. The molecule has 1 aliphatic rings. The van der Waals surface area contributed by atoms with E-state index in [0.29, 0.717) is 32.5 Å². The maximum atomic E-state index is 13.4. The third-order valence-corrected chi connectivity index (χ3v) is 6.38. The van der Waals surface area contributed by atoms with Crippen LogP contribution in [0, 0.1) is 0 Å². The number of urea groups is 1. The molecule has 8 heteroatoms. The first kappa shape index (κ1) is 25.6. The molecular weight excluding hydrogens is 434 g/mol. The Kier molecular flexibility index (Phi) is 9.36. The van der Waals surface area contributed by atoms with Crippen LogP contribution in [0.25, 0.3) is 10.9 Å². The van der Waals surface area contributed by atoms with Crippen molar-refractivity contribution >= 4 is 22.9 Å². The predicted molar refractivity (Wildman–Crippen MR) is 132 cm³/mol. The number of carbonyl (C=O) groups is 2. The number of rotatable bonds is 10. The highest BCUT2D eigenvalue weighted by molar-refractivity contribution is 5.79. The molecule has 1 atom stereocenters. The number of nitrogens with one attached hydrogen (secondary N) is 1. The largest absolute Gasteiger partial charge is 0.494 e. The van der Waals surface area contributed by atoms with Gasteiger partial charge in [-0.1, -0.05) is 26.2 Å². The summed E-state index contributed by atoms with van der Waals surface area (Å²) in [6.45, 7) is 4.85. The summed E-state index contributed by atoms with van der Waals surface area (Å²) in [5.74, 6) is 0.415. The third kappa shape index (κ3) is 7.23. The van der Waals surface area contributed by atoms with Gasteiger partial charge in [-0.3, -0.25) is 9.59 Å². The van der Waals surface area contributed by atoms with E-state index in [-0.39, 0.29) is 29.7 Å². The van der Waals surface area contributed by atoms with Gasteiger partial charge < -0.3 is 24.3 Å². The van der Waals surface area contributed by atoms with E-state index in [0.717, 1.165) is 42.3 Å². The fourth-order valence-corrected chi connectivity index (χ4v) is 4.51. The van der Waals surface area contributed by atoms with Crippen molar-refractivity contribution in [3.63, 3.8) is 0 Å². The van der Waals surface area contributed by atoms with Crippen LogP contribution in [-0.4, -0.2) is 65.7 Å². The van der Waals surface area contributed by atoms with Gasteiger partial charge in [-0.25, -0.2) is 4.79 Å². The molecule has 2 aromatic rings. The first-order valence-electron chi connectivity index (χ1n) is 12.3. The van der Waals surface area contributed by atoms with Crippen LogP contribution >= 0.6 is 0 Å². The van der Waals surface area contributed by atoms with Crippen molar-refractivity contribution in [2.24, 2.45) is 0 Å². The van der Waals surface area contributed by atoms with Crippen molar-refractivity contribution < 1.29 is 19.1 Å². The first-order chi connectivity index (χ1) is 16.4. The quantitative estimate of drug-likeness (QED) is 0.411. The van der Waals surface area contributed by atoms with Crippen molar-refractivity contribution in [2.75, 3.05) is 26.7 Å². The van der Waals surface area contributed by atoms with Crippen LogP contribution in [0.4, 0.5) is 4.79 Å². The van der Waals surface area contributed by atoms with Gasteiger partial charge in [0.1, 0.15) is 11.9 Å². The van der Waals surface area contributed by atoms with E-state index in [1.54, 1.807) is 11.0 Å². The Morgan fingerprint density at radius 2 is 1.91 bits per heavy atom. The second-order valence-corrected chi connectivity index (χ2v) is 9.06. The van der Waals surface area contributed by atoms with E-state index in [4.69, 9.17) is 9.47 Å². The van der Waals surface area contributed by atoms with Crippen molar-refractivity contribution in [1.29, 1.82) is 0 Å². The summed E-state index contributed by atoms with van der Waals surface area (Å²) in [6, 6.07) is 8.99. The molecular formula is C26H37N3O5. The summed E-state index contributed by atoms with van der Waals surface area (Å²) in [6.07, 6.45) is 6.50. The predicted octanol–water partition coefficient (Wildman–Crippen LogP) is 4.33. The molecule has 34 heavy (non-hydrogen) atoms. The molecule has 0 spiro atoms. The van der Waals surface area contributed by atoms with E-state index < -0.39 is 0 Å². The van der Waals surface area contributed by atoms with Crippen LogP contribution < -0.4 is 10.3 Å². The van der Waals surface area contributed by atoms with Gasteiger partial charge in [0.25, 0.3) is 0 Å². The topological polar surface area (TPSA) is 91.9 Å². The number of esters is 1. The maximum Gasteiger partial charge on any atom is 0.320 e. The fraction of sp³-hybridized carbons (Fsp3) is 0.577. The van der Waals surface area contributed by atoms with Gasteiger partial charge in [0.05, 0.1) is 13.2 Å². The Morgan fingerprint density at radius 3 is 2.62 bits per heavy atom. The lowest BCUT2D eigenvalue weighted by atomic mass is 9.94. The Bertz CT molecular complexity index is 1010. The highest BCUT2D eigenvalue weighted by atomic mass is 16.5. The molecule has 1 unspecified atom stereocenters. The van der Waals surface area contributed by atoms with Crippen LogP contribution in [-0.2, 0) is 9.53 Å². The summed E-state index contributed by atoms with van der Waals surface area (Å²) in [4.78, 5) is 42.7.